The summed E-state index contributed by atoms with van der Waals surface area (Å²) < 4.78 is 4.85. The van der Waals surface area contributed by atoms with Crippen molar-refractivity contribution in [2.45, 2.75) is 37.8 Å². The van der Waals surface area contributed by atoms with Gasteiger partial charge in [0.25, 0.3) is 11.8 Å². The van der Waals surface area contributed by atoms with Crippen LogP contribution in [0.25, 0.3) is 11.1 Å². The molecule has 1 heterocycles. The number of imide groups is 1. The minimum Gasteiger partial charge on any atom is -0.467 e. The predicted molar refractivity (Wildman–Crippen MR) is 141 cm³/mol. The van der Waals surface area contributed by atoms with Gasteiger partial charge in [0.2, 0.25) is 5.91 Å². The van der Waals surface area contributed by atoms with E-state index in [0.29, 0.717) is 12.8 Å². The van der Waals surface area contributed by atoms with Crippen LogP contribution in [0.4, 0.5) is 0 Å². The molecule has 2 N–H and O–H groups in total. The molecule has 38 heavy (non-hydrogen) atoms. The van der Waals surface area contributed by atoms with Crippen molar-refractivity contribution in [3.63, 3.8) is 0 Å². The topological polar surface area (TPSA) is 113 Å². The molecular formula is C30H30N2O6. The molecule has 8 nitrogen and oxygen atoms in total. The summed E-state index contributed by atoms with van der Waals surface area (Å²) in [6.45, 7) is -0.0432. The molecule has 3 aromatic rings. The Balaban J connectivity index is 1.62. The molecule has 4 rings (SSSR count). The Morgan fingerprint density at radius 1 is 0.842 bits per heavy atom. The van der Waals surface area contributed by atoms with Crippen molar-refractivity contribution in [1.82, 2.24) is 10.2 Å². The number of hydrogen-bond acceptors (Lipinski definition) is 6. The van der Waals surface area contributed by atoms with E-state index in [1.165, 1.54) is 7.11 Å². The molecule has 3 amide bonds. The van der Waals surface area contributed by atoms with Gasteiger partial charge in [0.1, 0.15) is 12.1 Å². The molecule has 0 saturated carbocycles. The molecule has 1 aliphatic rings. The Hall–Kier alpha value is -4.30. The monoisotopic (exact) mass is 514 g/mol. The van der Waals surface area contributed by atoms with Gasteiger partial charge in [-0.05, 0) is 48.1 Å². The van der Waals surface area contributed by atoms with Crippen LogP contribution in [0.15, 0.2) is 78.9 Å². The molecule has 0 aromatic heterocycles. The third kappa shape index (κ3) is 5.81. The van der Waals surface area contributed by atoms with Crippen LogP contribution in [0.5, 0.6) is 0 Å². The number of carbonyl (C=O) groups excluding carboxylic acids is 4. The highest BCUT2D eigenvalue weighted by Gasteiger charge is 2.43. The smallest absolute Gasteiger partial charge is 0.328 e. The van der Waals surface area contributed by atoms with Crippen molar-refractivity contribution < 1.29 is 29.0 Å². The van der Waals surface area contributed by atoms with Gasteiger partial charge in [0.05, 0.1) is 18.2 Å². The van der Waals surface area contributed by atoms with Crippen LogP contribution in [0, 0.1) is 0 Å². The highest BCUT2D eigenvalue weighted by Crippen LogP contribution is 2.27. The summed E-state index contributed by atoms with van der Waals surface area (Å²) in [5.74, 6) is -2.38. The summed E-state index contributed by atoms with van der Waals surface area (Å²) in [5.41, 5.74) is 3.25. The van der Waals surface area contributed by atoms with E-state index in [1.807, 2.05) is 54.6 Å². The lowest BCUT2D eigenvalue weighted by atomic mass is 9.99. The maximum absolute atomic E-state index is 13.6. The number of ether oxygens (including phenoxy) is 1. The molecule has 0 saturated heterocycles. The van der Waals surface area contributed by atoms with Crippen molar-refractivity contribution in [2.75, 3.05) is 13.7 Å². The van der Waals surface area contributed by atoms with Crippen molar-refractivity contribution in [3.8, 4) is 11.1 Å². The number of hydrogen-bond donors (Lipinski definition) is 2. The fourth-order valence-electron chi connectivity index (χ4n) is 4.60. The van der Waals surface area contributed by atoms with E-state index in [0.717, 1.165) is 21.6 Å². The first-order valence-corrected chi connectivity index (χ1v) is 12.5. The first-order valence-electron chi connectivity index (χ1n) is 12.5. The maximum Gasteiger partial charge on any atom is 0.328 e. The molecule has 0 spiro atoms. The van der Waals surface area contributed by atoms with Crippen LogP contribution >= 0.6 is 0 Å². The molecule has 0 aliphatic carbocycles. The number of benzene rings is 3. The third-order valence-corrected chi connectivity index (χ3v) is 6.63. The average molecular weight is 515 g/mol. The zero-order valence-corrected chi connectivity index (χ0v) is 21.1. The zero-order chi connectivity index (χ0) is 27.1. The second kappa shape index (κ2) is 12.3. The summed E-state index contributed by atoms with van der Waals surface area (Å²) in [4.78, 5) is 53.5. The summed E-state index contributed by atoms with van der Waals surface area (Å²) in [7, 11) is 1.23. The first kappa shape index (κ1) is 26.8. The van der Waals surface area contributed by atoms with E-state index in [1.54, 1.807) is 24.3 Å². The van der Waals surface area contributed by atoms with Gasteiger partial charge in [0.15, 0.2) is 0 Å². The van der Waals surface area contributed by atoms with E-state index >= 15 is 0 Å². The Morgan fingerprint density at radius 3 is 2.00 bits per heavy atom. The Morgan fingerprint density at radius 2 is 1.42 bits per heavy atom. The maximum atomic E-state index is 13.6. The fourth-order valence-corrected chi connectivity index (χ4v) is 4.60. The van der Waals surface area contributed by atoms with Crippen molar-refractivity contribution in [1.29, 1.82) is 0 Å². The summed E-state index contributed by atoms with van der Waals surface area (Å²) in [5, 5.41) is 11.8. The van der Waals surface area contributed by atoms with Gasteiger partial charge in [0, 0.05) is 13.0 Å². The fraction of sp³-hybridized carbons (Fsp3) is 0.267. The Bertz CT molecular complexity index is 1270. The number of aliphatic hydroxyl groups is 1. The quantitative estimate of drug-likeness (QED) is 0.230. The number of carbonyl (C=O) groups is 4. The lowest BCUT2D eigenvalue weighted by molar-refractivity contribution is -0.145. The minimum absolute atomic E-state index is 0.0432. The van der Waals surface area contributed by atoms with Gasteiger partial charge in [-0.3, -0.25) is 19.3 Å². The number of aliphatic hydroxyl groups excluding tert-OH is 1. The first-order chi connectivity index (χ1) is 18.4. The molecule has 0 bridgehead atoms. The number of nitrogens with zero attached hydrogens (tertiary/aromatic N) is 1. The SMILES string of the molecule is COC(=O)C(CCCCO)NC(=O)C(Cc1ccc(-c2ccccc2)cc1)N1C(=O)c2ccccc2C1=O. The number of rotatable bonds is 11. The molecule has 0 radical (unpaired) electrons. The number of esters is 1. The second-order valence-corrected chi connectivity index (χ2v) is 9.11. The van der Waals surface area contributed by atoms with E-state index in [2.05, 4.69) is 5.32 Å². The number of nitrogens with one attached hydrogen (secondary N) is 1. The average Bonchev–Trinajstić information content (AvgIpc) is 3.21. The van der Waals surface area contributed by atoms with Gasteiger partial charge in [-0.2, -0.15) is 0 Å². The summed E-state index contributed by atoms with van der Waals surface area (Å²) in [6.07, 6.45) is 1.25. The van der Waals surface area contributed by atoms with Crippen molar-refractivity contribution >= 4 is 23.7 Å². The number of amides is 3. The van der Waals surface area contributed by atoms with E-state index < -0.39 is 35.8 Å². The van der Waals surface area contributed by atoms with Crippen LogP contribution in [0.1, 0.15) is 45.5 Å². The van der Waals surface area contributed by atoms with Gasteiger partial charge in [-0.1, -0.05) is 66.7 Å². The molecular weight excluding hydrogens is 484 g/mol. The van der Waals surface area contributed by atoms with Crippen LogP contribution < -0.4 is 5.32 Å². The van der Waals surface area contributed by atoms with Crippen molar-refractivity contribution in [3.05, 3.63) is 95.6 Å². The van der Waals surface area contributed by atoms with Crippen LogP contribution in [-0.4, -0.2) is 59.5 Å². The standard InChI is InChI=1S/C30H30N2O6/c1-38-30(37)25(13-7-8-18-33)31-27(34)26(32-28(35)23-11-5-6-12-24(23)29(32)36)19-20-14-16-22(17-15-20)21-9-3-2-4-10-21/h2-6,9-12,14-17,25-26,33H,7-8,13,18-19H2,1H3,(H,31,34). The highest BCUT2D eigenvalue weighted by molar-refractivity contribution is 6.22. The van der Waals surface area contributed by atoms with E-state index in [9.17, 15) is 19.2 Å². The molecule has 196 valence electrons. The van der Waals surface area contributed by atoms with Crippen LogP contribution in [0.3, 0.4) is 0 Å². The molecule has 8 heteroatoms. The van der Waals surface area contributed by atoms with Gasteiger partial charge in [-0.25, -0.2) is 4.79 Å². The normalized spacial score (nSPS) is 14.1. The molecule has 0 fully saturated rings. The second-order valence-electron chi connectivity index (χ2n) is 9.11. The van der Waals surface area contributed by atoms with Crippen LogP contribution in [-0.2, 0) is 20.7 Å². The van der Waals surface area contributed by atoms with E-state index in [4.69, 9.17) is 9.84 Å². The highest BCUT2D eigenvalue weighted by atomic mass is 16.5. The summed E-state index contributed by atoms with van der Waals surface area (Å²) in [6, 6.07) is 21.7. The number of fused-ring (bicyclic) bond motifs is 1. The van der Waals surface area contributed by atoms with Gasteiger partial charge < -0.3 is 15.2 Å². The minimum atomic E-state index is -1.19. The predicted octanol–water partition coefficient (Wildman–Crippen LogP) is 3.38. The molecule has 2 atom stereocenters. The van der Waals surface area contributed by atoms with Crippen LogP contribution in [0.2, 0.25) is 0 Å². The largest absolute Gasteiger partial charge is 0.467 e. The molecule has 1 aliphatic heterocycles. The van der Waals surface area contributed by atoms with E-state index in [-0.39, 0.29) is 30.6 Å². The van der Waals surface area contributed by atoms with Crippen molar-refractivity contribution in [2.24, 2.45) is 0 Å². The molecule has 3 aromatic carbocycles. The lowest BCUT2D eigenvalue weighted by Crippen LogP contribution is -2.54. The zero-order valence-electron chi connectivity index (χ0n) is 21.1. The third-order valence-electron chi connectivity index (χ3n) is 6.63. The summed E-state index contributed by atoms with van der Waals surface area (Å²) >= 11 is 0. The Labute approximate surface area is 221 Å². The van der Waals surface area contributed by atoms with Gasteiger partial charge in [-0.15, -0.1) is 0 Å². The number of unbranched alkanes of at least 4 members (excludes halogenated alkanes) is 1. The molecule has 2 unspecified atom stereocenters. The lowest BCUT2D eigenvalue weighted by Gasteiger charge is -2.27. The van der Waals surface area contributed by atoms with Gasteiger partial charge >= 0.3 is 5.97 Å². The number of methoxy groups -OCH3 is 1. The Kier molecular flexibility index (Phi) is 8.66.